The number of thiazole rings is 1. The molecule has 2 aromatic rings. The highest BCUT2D eigenvalue weighted by atomic mass is 32.1. The Morgan fingerprint density at radius 1 is 1.29 bits per heavy atom. The quantitative estimate of drug-likeness (QED) is 0.743. The Balaban J connectivity index is 2.72. The Kier molecular flexibility index (Phi) is 3.13. The van der Waals surface area contributed by atoms with E-state index in [1.807, 2.05) is 17.4 Å². The highest BCUT2D eigenvalue weighted by molar-refractivity contribution is 7.18. The van der Waals surface area contributed by atoms with E-state index in [-0.39, 0.29) is 5.41 Å². The average Bonchev–Trinajstić information content (AvgIpc) is 2.65. The first-order chi connectivity index (χ1) is 7.97. The zero-order chi connectivity index (χ0) is 12.6. The zero-order valence-electron chi connectivity index (χ0n) is 11.2. The number of aromatic nitrogens is 1. The molecule has 0 spiro atoms. The van der Waals surface area contributed by atoms with E-state index >= 15 is 0 Å². The van der Waals surface area contributed by atoms with E-state index in [1.165, 1.54) is 15.2 Å². The van der Waals surface area contributed by atoms with Gasteiger partial charge in [0.25, 0.3) is 0 Å². The first kappa shape index (κ1) is 12.4. The number of aryl methyl sites for hydroxylation is 1. The van der Waals surface area contributed by atoms with Crippen molar-refractivity contribution in [3.63, 3.8) is 0 Å². The van der Waals surface area contributed by atoms with Crippen LogP contribution in [0.25, 0.3) is 10.2 Å². The van der Waals surface area contributed by atoms with E-state index in [4.69, 9.17) is 4.74 Å². The molecule has 0 N–H and O–H groups in total. The minimum Gasteiger partial charge on any atom is -0.497 e. The van der Waals surface area contributed by atoms with Crippen LogP contribution in [-0.4, -0.2) is 7.11 Å². The number of benzene rings is 1. The largest absolute Gasteiger partial charge is 0.497 e. The van der Waals surface area contributed by atoms with Crippen molar-refractivity contribution < 1.29 is 9.30 Å². The molecule has 0 fully saturated rings. The number of nitrogens with zero attached hydrogens (tertiary/aromatic N) is 1. The minimum absolute atomic E-state index is 0.187. The molecule has 0 bridgehead atoms. The molecule has 92 valence electrons. The average molecular weight is 250 g/mol. The predicted molar refractivity (Wildman–Crippen MR) is 72.9 cm³/mol. The van der Waals surface area contributed by atoms with Crippen LogP contribution in [0.3, 0.4) is 0 Å². The van der Waals surface area contributed by atoms with Crippen LogP contribution in [0, 0.1) is 0 Å². The molecule has 0 saturated carbocycles. The summed E-state index contributed by atoms with van der Waals surface area (Å²) in [5.74, 6) is 0.929. The summed E-state index contributed by atoms with van der Waals surface area (Å²) in [6, 6.07) is 6.32. The molecule has 2 rings (SSSR count). The van der Waals surface area contributed by atoms with Crippen molar-refractivity contribution in [2.24, 2.45) is 0 Å². The van der Waals surface area contributed by atoms with Gasteiger partial charge in [-0.3, -0.25) is 0 Å². The summed E-state index contributed by atoms with van der Waals surface area (Å²) >= 11 is 1.88. The summed E-state index contributed by atoms with van der Waals surface area (Å²) in [4.78, 5) is 0. The number of rotatable bonds is 2. The molecule has 0 aliphatic carbocycles. The van der Waals surface area contributed by atoms with E-state index in [0.717, 1.165) is 12.3 Å². The van der Waals surface area contributed by atoms with Gasteiger partial charge in [0.2, 0.25) is 10.5 Å². The number of hydrogen-bond donors (Lipinski definition) is 0. The fourth-order valence-electron chi connectivity index (χ4n) is 2.06. The lowest BCUT2D eigenvalue weighted by Gasteiger charge is -2.12. The van der Waals surface area contributed by atoms with Crippen molar-refractivity contribution in [2.75, 3.05) is 7.11 Å². The molecule has 0 radical (unpaired) electrons. The second-order valence-electron chi connectivity index (χ2n) is 5.24. The molecule has 3 heteroatoms. The molecule has 0 amide bonds. The molecule has 0 aliphatic heterocycles. The summed E-state index contributed by atoms with van der Waals surface area (Å²) in [6.45, 7) is 9.99. The van der Waals surface area contributed by atoms with Gasteiger partial charge in [0.15, 0.2) is 0 Å². The predicted octanol–water partition coefficient (Wildman–Crippen LogP) is 3.51. The Morgan fingerprint density at radius 3 is 2.53 bits per heavy atom. The zero-order valence-corrected chi connectivity index (χ0v) is 12.0. The van der Waals surface area contributed by atoms with E-state index in [0.29, 0.717) is 0 Å². The van der Waals surface area contributed by atoms with Crippen molar-refractivity contribution >= 4 is 21.6 Å². The normalized spacial score (nSPS) is 12.1. The smallest absolute Gasteiger partial charge is 0.243 e. The Bertz CT molecular complexity index is 537. The first-order valence-electron chi connectivity index (χ1n) is 5.98. The molecule has 0 unspecified atom stereocenters. The third kappa shape index (κ3) is 2.16. The lowest BCUT2D eigenvalue weighted by molar-refractivity contribution is -0.673. The van der Waals surface area contributed by atoms with Gasteiger partial charge in [0.1, 0.15) is 17.0 Å². The molecule has 0 aliphatic rings. The number of methoxy groups -OCH3 is 1. The fourth-order valence-corrected chi connectivity index (χ4v) is 3.32. The SMILES string of the molecule is CC[n+]1c(C(C)(C)C)sc2ccc(OC)cc21. The van der Waals surface area contributed by atoms with Crippen LogP contribution >= 0.6 is 11.3 Å². The molecule has 1 aromatic heterocycles. The highest BCUT2D eigenvalue weighted by Gasteiger charge is 2.30. The van der Waals surface area contributed by atoms with Crippen LogP contribution in [0.2, 0.25) is 0 Å². The van der Waals surface area contributed by atoms with Gasteiger partial charge >= 0.3 is 0 Å². The number of fused-ring (bicyclic) bond motifs is 1. The maximum atomic E-state index is 5.31. The molecule has 1 aromatic carbocycles. The first-order valence-corrected chi connectivity index (χ1v) is 6.80. The molecular formula is C14H20NOS+. The number of hydrogen-bond acceptors (Lipinski definition) is 2. The summed E-state index contributed by atoms with van der Waals surface area (Å²) in [7, 11) is 1.72. The van der Waals surface area contributed by atoms with Crippen molar-refractivity contribution in [1.29, 1.82) is 0 Å². The fraction of sp³-hybridized carbons (Fsp3) is 0.500. The van der Waals surface area contributed by atoms with Crippen LogP contribution in [0.1, 0.15) is 32.7 Å². The van der Waals surface area contributed by atoms with Crippen molar-refractivity contribution in [3.05, 3.63) is 23.2 Å². The minimum atomic E-state index is 0.187. The summed E-state index contributed by atoms with van der Waals surface area (Å²) in [6.07, 6.45) is 0. The van der Waals surface area contributed by atoms with Crippen LogP contribution < -0.4 is 9.30 Å². The van der Waals surface area contributed by atoms with Crippen molar-refractivity contribution in [3.8, 4) is 5.75 Å². The van der Waals surface area contributed by atoms with Crippen LogP contribution in [0.15, 0.2) is 18.2 Å². The Hall–Kier alpha value is -1.09. The Labute approximate surface area is 107 Å². The van der Waals surface area contributed by atoms with Gasteiger partial charge in [-0.1, -0.05) is 11.3 Å². The second kappa shape index (κ2) is 4.30. The lowest BCUT2D eigenvalue weighted by Crippen LogP contribution is -2.39. The van der Waals surface area contributed by atoms with E-state index in [2.05, 4.69) is 44.4 Å². The lowest BCUT2D eigenvalue weighted by atomic mass is 9.98. The molecule has 0 saturated heterocycles. The molecule has 2 nitrogen and oxygen atoms in total. The second-order valence-corrected chi connectivity index (χ2v) is 6.27. The van der Waals surface area contributed by atoms with E-state index in [9.17, 15) is 0 Å². The maximum Gasteiger partial charge on any atom is 0.243 e. The molecule has 0 atom stereocenters. The van der Waals surface area contributed by atoms with Crippen molar-refractivity contribution in [1.82, 2.24) is 0 Å². The van der Waals surface area contributed by atoms with Gasteiger partial charge in [-0.15, -0.1) is 0 Å². The van der Waals surface area contributed by atoms with Gasteiger partial charge in [0.05, 0.1) is 18.6 Å². The van der Waals surface area contributed by atoms with Gasteiger partial charge in [-0.05, 0) is 39.8 Å². The highest BCUT2D eigenvalue weighted by Crippen LogP contribution is 2.31. The third-order valence-corrected chi connectivity index (χ3v) is 4.46. The third-order valence-electron chi connectivity index (χ3n) is 2.87. The topological polar surface area (TPSA) is 13.1 Å². The molecule has 1 heterocycles. The van der Waals surface area contributed by atoms with Gasteiger partial charge < -0.3 is 4.74 Å². The molecule has 17 heavy (non-hydrogen) atoms. The number of ether oxygens (including phenoxy) is 1. The molecular weight excluding hydrogens is 230 g/mol. The van der Waals surface area contributed by atoms with Crippen LogP contribution in [-0.2, 0) is 12.0 Å². The Morgan fingerprint density at radius 2 is 2.00 bits per heavy atom. The van der Waals surface area contributed by atoms with Gasteiger partial charge in [-0.2, -0.15) is 4.57 Å². The maximum absolute atomic E-state index is 5.31. The van der Waals surface area contributed by atoms with E-state index < -0.39 is 0 Å². The summed E-state index contributed by atoms with van der Waals surface area (Å²) < 4.78 is 9.03. The van der Waals surface area contributed by atoms with Crippen LogP contribution in [0.5, 0.6) is 5.75 Å². The van der Waals surface area contributed by atoms with Gasteiger partial charge in [0, 0.05) is 0 Å². The standard InChI is InChI=1S/C14H20NOS/c1-6-15-11-9-10(16-5)7-8-12(11)17-13(15)14(2,3)4/h7-9H,6H2,1-5H3/q+1. The van der Waals surface area contributed by atoms with E-state index in [1.54, 1.807) is 7.11 Å². The van der Waals surface area contributed by atoms with Gasteiger partial charge in [-0.25, -0.2) is 0 Å². The van der Waals surface area contributed by atoms with Crippen molar-refractivity contribution in [2.45, 2.75) is 39.7 Å². The monoisotopic (exact) mass is 250 g/mol. The summed E-state index contributed by atoms with van der Waals surface area (Å²) in [5.41, 5.74) is 1.47. The summed E-state index contributed by atoms with van der Waals surface area (Å²) in [5, 5.41) is 1.42. The van der Waals surface area contributed by atoms with Crippen LogP contribution in [0.4, 0.5) is 0 Å².